The molecule has 0 aliphatic rings. The first-order valence-corrected chi connectivity index (χ1v) is 4.90. The first-order chi connectivity index (χ1) is 4.42. The Morgan fingerprint density at radius 2 is 1.91 bits per heavy atom. The van der Waals surface area contributed by atoms with E-state index >= 15 is 0 Å². The topological polar surface area (TPSA) is 101 Å². The molecule has 0 saturated carbocycles. The molecule has 0 aliphatic carbocycles. The molecule has 0 aromatic heterocycles. The van der Waals surface area contributed by atoms with E-state index in [0.717, 1.165) is 0 Å². The normalized spacial score (nSPS) is 12.0. The second-order valence-electron chi connectivity index (χ2n) is 1.36. The van der Waals surface area contributed by atoms with Crippen LogP contribution in [0.1, 0.15) is 0 Å². The molecule has 0 aromatic rings. The second-order valence-corrected chi connectivity index (χ2v) is 3.66. The van der Waals surface area contributed by atoms with Gasteiger partial charge in [0.15, 0.2) is 0 Å². The minimum atomic E-state index is -4.08. The summed E-state index contributed by atoms with van der Waals surface area (Å²) in [5, 5.41) is 0. The number of hydrogen-bond donors (Lipinski definition) is 2. The molecule has 1 unspecified atom stereocenters. The van der Waals surface area contributed by atoms with E-state index in [-0.39, 0.29) is 26.2 Å². The van der Waals surface area contributed by atoms with Gasteiger partial charge in [-0.1, -0.05) is 0 Å². The third-order valence-corrected chi connectivity index (χ3v) is 1.63. The van der Waals surface area contributed by atoms with Gasteiger partial charge in [0.25, 0.3) is 10.1 Å². The molecule has 0 heterocycles. The summed E-state index contributed by atoms with van der Waals surface area (Å²) in [6.45, 7) is -0.482. The number of hydrogen-bond acceptors (Lipinski definition) is 4. The van der Waals surface area contributed by atoms with Gasteiger partial charge in [0.05, 0.1) is 0 Å². The average Bonchev–Trinajstić information content (AvgIpc) is 1.59. The third kappa shape index (κ3) is 13.8. The van der Waals surface area contributed by atoms with E-state index in [1.165, 1.54) is 0 Å². The molecule has 0 aliphatic heterocycles. The average molecular weight is 280 g/mol. The van der Waals surface area contributed by atoms with Crippen LogP contribution >= 0.6 is 8.25 Å². The van der Waals surface area contributed by atoms with Gasteiger partial charge in [-0.15, -0.1) is 9.42 Å². The van der Waals surface area contributed by atoms with Crippen molar-refractivity contribution in [3.8, 4) is 0 Å². The van der Waals surface area contributed by atoms with Crippen molar-refractivity contribution in [2.75, 3.05) is 12.4 Å². The van der Waals surface area contributed by atoms with Gasteiger partial charge in [0.1, 0.15) is 12.4 Å². The first-order valence-electron chi connectivity index (χ1n) is 2.16. The summed E-state index contributed by atoms with van der Waals surface area (Å²) in [4.78, 5) is 7.96. The fourth-order valence-electron chi connectivity index (χ4n) is 0.221. The fourth-order valence-corrected chi connectivity index (χ4v) is 0.886. The van der Waals surface area contributed by atoms with Gasteiger partial charge in [-0.3, -0.25) is 4.55 Å². The van der Waals surface area contributed by atoms with Crippen LogP contribution in [0.4, 0.5) is 0 Å². The molecule has 0 amide bonds. The van der Waals surface area contributed by atoms with Gasteiger partial charge in [0.2, 0.25) is 0 Å². The van der Waals surface area contributed by atoms with Crippen molar-refractivity contribution in [3.05, 3.63) is 0 Å². The molecule has 0 aromatic carbocycles. The Balaban J connectivity index is 0. The summed E-state index contributed by atoms with van der Waals surface area (Å²) in [6, 6.07) is 0. The van der Waals surface area contributed by atoms with Crippen LogP contribution in [0.2, 0.25) is 0 Å². The predicted octanol–water partition coefficient (Wildman–Crippen LogP) is -0.462. The minimum absolute atomic E-state index is 0. The van der Waals surface area contributed by atoms with E-state index in [1.807, 2.05) is 0 Å². The molecule has 2 N–H and O–H groups in total. The van der Waals surface area contributed by atoms with Gasteiger partial charge < -0.3 is 0 Å². The molecular weight excluding hydrogens is 274 g/mol. The molecule has 0 spiro atoms. The molecule has 0 radical (unpaired) electrons. The Labute approximate surface area is 83.8 Å². The third-order valence-electron chi connectivity index (χ3n) is 0.543. The fraction of sp³-hybridized carbons (Fsp3) is 1.00. The van der Waals surface area contributed by atoms with E-state index in [9.17, 15) is 13.0 Å². The van der Waals surface area contributed by atoms with E-state index in [1.54, 1.807) is 0 Å². The molecule has 9 heteroatoms. The van der Waals surface area contributed by atoms with Crippen molar-refractivity contribution in [1.29, 1.82) is 0 Å². The van der Waals surface area contributed by atoms with Gasteiger partial charge in [-0.05, 0) is 0 Å². The summed E-state index contributed by atoms with van der Waals surface area (Å²) in [7, 11) is -6.86. The molecule has 0 bridgehead atoms. The smallest absolute Gasteiger partial charge is 0.285 e. The van der Waals surface area contributed by atoms with Crippen LogP contribution in [-0.4, -0.2) is 30.2 Å². The van der Waals surface area contributed by atoms with Crippen LogP contribution in [0.15, 0.2) is 0 Å². The first kappa shape index (κ1) is 14.3. The van der Waals surface area contributed by atoms with Crippen LogP contribution in [0.5, 0.6) is 0 Å². The standard InChI is InChI=1S/C2H5O6PS.Zr/c3-9(4)8-1-2-10(5,6)7;/h1-2H2,(H-,3,4,5,6,7);/p+1. The van der Waals surface area contributed by atoms with Crippen molar-refractivity contribution in [1.82, 2.24) is 0 Å². The quantitative estimate of drug-likeness (QED) is 0.534. The van der Waals surface area contributed by atoms with Crippen molar-refractivity contribution < 1.29 is 53.2 Å². The Bertz CT molecular complexity index is 211. The SMILES string of the molecule is O=[P+](O)OCCS(=O)(=O)O.[Zr]. The zero-order valence-electron chi connectivity index (χ0n) is 5.30. The Morgan fingerprint density at radius 3 is 2.18 bits per heavy atom. The summed E-state index contributed by atoms with van der Waals surface area (Å²) < 4.78 is 41.5. The predicted molar refractivity (Wildman–Crippen MR) is 32.2 cm³/mol. The van der Waals surface area contributed by atoms with Crippen LogP contribution < -0.4 is 0 Å². The van der Waals surface area contributed by atoms with Crippen LogP contribution in [-0.2, 0) is 45.4 Å². The summed E-state index contributed by atoms with van der Waals surface area (Å²) in [5.41, 5.74) is 0. The zero-order valence-corrected chi connectivity index (χ0v) is 9.47. The van der Waals surface area contributed by atoms with Crippen molar-refractivity contribution in [2.45, 2.75) is 0 Å². The van der Waals surface area contributed by atoms with Crippen molar-refractivity contribution in [2.24, 2.45) is 0 Å². The minimum Gasteiger partial charge on any atom is -0.285 e. The molecule has 1 atom stereocenters. The van der Waals surface area contributed by atoms with Gasteiger partial charge in [-0.2, -0.15) is 8.42 Å². The summed E-state index contributed by atoms with van der Waals surface area (Å²) in [6.07, 6.45) is 0. The van der Waals surface area contributed by atoms with E-state index in [0.29, 0.717) is 0 Å². The van der Waals surface area contributed by atoms with Gasteiger partial charge >= 0.3 is 8.25 Å². The van der Waals surface area contributed by atoms with E-state index in [4.69, 9.17) is 9.45 Å². The summed E-state index contributed by atoms with van der Waals surface area (Å²) >= 11 is 0. The molecule has 11 heavy (non-hydrogen) atoms. The maximum absolute atomic E-state index is 9.91. The second kappa shape index (κ2) is 6.34. The largest absolute Gasteiger partial charge is 0.694 e. The van der Waals surface area contributed by atoms with E-state index < -0.39 is 30.7 Å². The van der Waals surface area contributed by atoms with Crippen molar-refractivity contribution >= 4 is 18.4 Å². The maximum atomic E-state index is 9.91. The Morgan fingerprint density at radius 1 is 1.45 bits per heavy atom. The van der Waals surface area contributed by atoms with Gasteiger partial charge in [0, 0.05) is 30.8 Å². The van der Waals surface area contributed by atoms with Crippen LogP contribution in [0, 0.1) is 0 Å². The maximum Gasteiger partial charge on any atom is 0.694 e. The Hall–Kier alpha value is 0.813. The molecule has 6 nitrogen and oxygen atoms in total. The Kier molecular flexibility index (Phi) is 8.27. The van der Waals surface area contributed by atoms with Crippen LogP contribution in [0.25, 0.3) is 0 Å². The molecule has 64 valence electrons. The molecular formula is C2H6O6PSZr+. The summed E-state index contributed by atoms with van der Waals surface area (Å²) in [5.74, 6) is -0.672. The van der Waals surface area contributed by atoms with Crippen molar-refractivity contribution in [3.63, 3.8) is 0 Å². The van der Waals surface area contributed by atoms with Gasteiger partial charge in [-0.25, -0.2) is 0 Å². The monoisotopic (exact) mass is 279 g/mol. The molecule has 0 fully saturated rings. The molecule has 0 saturated heterocycles. The zero-order chi connectivity index (χ0) is 8.20. The van der Waals surface area contributed by atoms with E-state index in [2.05, 4.69) is 4.52 Å². The van der Waals surface area contributed by atoms with Crippen LogP contribution in [0.3, 0.4) is 0 Å². The molecule has 0 rings (SSSR count). The number of rotatable bonds is 4.